The molecule has 0 aromatic heterocycles. The summed E-state index contributed by atoms with van der Waals surface area (Å²) in [5.74, 6) is 0. The zero-order valence-electron chi connectivity index (χ0n) is 22.2. The lowest BCUT2D eigenvalue weighted by atomic mass is 10.1. The summed E-state index contributed by atoms with van der Waals surface area (Å²) in [5.41, 5.74) is 3.35. The molecule has 2 aliphatic rings. The second kappa shape index (κ2) is 10.7. The summed E-state index contributed by atoms with van der Waals surface area (Å²) in [6.45, 7) is 3.55. The average molecular weight is 586 g/mol. The van der Waals surface area contributed by atoms with E-state index in [1.54, 1.807) is 24.3 Å². The molecule has 1 fully saturated rings. The lowest BCUT2D eigenvalue weighted by molar-refractivity contribution is -0.384. The van der Waals surface area contributed by atoms with E-state index >= 15 is 0 Å². The highest BCUT2D eigenvalue weighted by molar-refractivity contribution is 7.92. The largest absolute Gasteiger partial charge is 0.373 e. The van der Waals surface area contributed by atoms with Crippen molar-refractivity contribution in [3.05, 3.63) is 88.0 Å². The molecule has 0 saturated carbocycles. The van der Waals surface area contributed by atoms with Crippen molar-refractivity contribution in [2.45, 2.75) is 24.3 Å². The van der Waals surface area contributed by atoms with Crippen molar-refractivity contribution in [2.24, 2.45) is 0 Å². The second-order valence-electron chi connectivity index (χ2n) is 10.0. The van der Waals surface area contributed by atoms with E-state index in [2.05, 4.69) is 5.32 Å². The van der Waals surface area contributed by atoms with Crippen LogP contribution in [0.15, 0.2) is 71.6 Å². The first-order valence-electron chi connectivity index (χ1n) is 12.9. The van der Waals surface area contributed by atoms with Crippen LogP contribution in [0.4, 0.5) is 22.7 Å². The van der Waals surface area contributed by atoms with Gasteiger partial charge in [-0.15, -0.1) is 0 Å². The lowest BCUT2D eigenvalue weighted by Crippen LogP contribution is -2.48. The molecule has 0 unspecified atom stereocenters. The third-order valence-corrected chi connectivity index (χ3v) is 10.5. The van der Waals surface area contributed by atoms with Gasteiger partial charge in [0.25, 0.3) is 5.69 Å². The minimum absolute atomic E-state index is 0.0289. The molecule has 13 heteroatoms. The molecule has 0 spiro atoms. The summed E-state index contributed by atoms with van der Waals surface area (Å²) >= 11 is 0. The molecule has 1 saturated heterocycles. The van der Waals surface area contributed by atoms with E-state index in [-0.39, 0.29) is 29.7 Å². The van der Waals surface area contributed by atoms with Gasteiger partial charge in [0.15, 0.2) is 0 Å². The maximum absolute atomic E-state index is 13.4. The molecule has 3 aromatic rings. The van der Waals surface area contributed by atoms with Crippen molar-refractivity contribution in [2.75, 3.05) is 53.5 Å². The van der Waals surface area contributed by atoms with Crippen LogP contribution in [0.25, 0.3) is 0 Å². The Labute approximate surface area is 234 Å². The highest BCUT2D eigenvalue weighted by Gasteiger charge is 2.32. The summed E-state index contributed by atoms with van der Waals surface area (Å²) in [4.78, 5) is 13.4. The highest BCUT2D eigenvalue weighted by atomic mass is 32.2. The molecule has 2 heterocycles. The Morgan fingerprint density at radius 1 is 0.900 bits per heavy atom. The first kappa shape index (κ1) is 27.9. The Morgan fingerprint density at radius 3 is 2.25 bits per heavy atom. The Bertz CT molecular complexity index is 1640. The van der Waals surface area contributed by atoms with E-state index in [9.17, 15) is 26.9 Å². The van der Waals surface area contributed by atoms with Crippen molar-refractivity contribution in [3.8, 4) is 0 Å². The molecule has 11 nitrogen and oxygen atoms in total. The van der Waals surface area contributed by atoms with Gasteiger partial charge in [0, 0.05) is 50.5 Å². The van der Waals surface area contributed by atoms with Gasteiger partial charge in [-0.1, -0.05) is 30.3 Å². The zero-order chi connectivity index (χ0) is 28.7. The van der Waals surface area contributed by atoms with Gasteiger partial charge < -0.3 is 10.2 Å². The standard InChI is InChI=1S/C27H31N5O6S2/c1-20(21-6-4-3-5-7-21)28-25-19-23(8-10-27(25)32(33)34)29-14-16-30(17-15-29)40(37,38)24-9-11-26-22(18-24)12-13-31(26)39(2,35)36/h3-11,18-20,28H,12-17H2,1-2H3/t20-/m0/s1. The summed E-state index contributed by atoms with van der Waals surface area (Å²) in [5, 5.41) is 15.0. The fourth-order valence-electron chi connectivity index (χ4n) is 5.24. The fourth-order valence-corrected chi connectivity index (χ4v) is 7.67. The van der Waals surface area contributed by atoms with Crippen molar-refractivity contribution in [1.29, 1.82) is 0 Å². The molecule has 2 aliphatic heterocycles. The molecule has 0 aliphatic carbocycles. The molecule has 0 bridgehead atoms. The SMILES string of the molecule is C[C@H](Nc1cc(N2CCN(S(=O)(=O)c3ccc4c(c3)CCN4S(C)(=O)=O)CC2)ccc1[N+](=O)[O-])c1ccccc1. The van der Waals surface area contributed by atoms with Crippen LogP contribution < -0.4 is 14.5 Å². The zero-order valence-corrected chi connectivity index (χ0v) is 23.9. The minimum Gasteiger partial charge on any atom is -0.373 e. The normalized spacial score (nSPS) is 16.9. The molecule has 40 heavy (non-hydrogen) atoms. The molecule has 212 valence electrons. The number of sulfonamides is 2. The molecular weight excluding hydrogens is 554 g/mol. The monoisotopic (exact) mass is 585 g/mol. The van der Waals surface area contributed by atoms with Crippen LogP contribution in [0.2, 0.25) is 0 Å². The van der Waals surface area contributed by atoms with Gasteiger partial charge in [-0.3, -0.25) is 14.4 Å². The number of piperazine rings is 1. The van der Waals surface area contributed by atoms with Gasteiger partial charge in [-0.25, -0.2) is 16.8 Å². The van der Waals surface area contributed by atoms with Crippen LogP contribution in [-0.2, 0) is 26.5 Å². The fraction of sp³-hybridized carbons (Fsp3) is 0.333. The third kappa shape index (κ3) is 5.49. The Morgan fingerprint density at radius 2 is 1.60 bits per heavy atom. The third-order valence-electron chi connectivity index (χ3n) is 7.39. The molecule has 5 rings (SSSR count). The van der Waals surface area contributed by atoms with Gasteiger partial charge in [-0.2, -0.15) is 4.31 Å². The van der Waals surface area contributed by atoms with E-state index in [1.165, 1.54) is 20.7 Å². The number of nitro groups is 1. The predicted molar refractivity (Wildman–Crippen MR) is 155 cm³/mol. The van der Waals surface area contributed by atoms with Crippen molar-refractivity contribution in [1.82, 2.24) is 4.31 Å². The number of rotatable bonds is 8. The van der Waals surface area contributed by atoms with Crippen LogP contribution in [0.5, 0.6) is 0 Å². The predicted octanol–water partition coefficient (Wildman–Crippen LogP) is 3.60. The molecule has 0 radical (unpaired) electrons. The number of nitro benzene ring substituents is 1. The molecule has 1 atom stereocenters. The van der Waals surface area contributed by atoms with Crippen LogP contribution in [0, 0.1) is 10.1 Å². The number of hydrogen-bond acceptors (Lipinski definition) is 8. The van der Waals surface area contributed by atoms with E-state index in [0.717, 1.165) is 17.5 Å². The van der Waals surface area contributed by atoms with E-state index < -0.39 is 25.0 Å². The smallest absolute Gasteiger partial charge is 0.292 e. The van der Waals surface area contributed by atoms with Gasteiger partial charge >= 0.3 is 0 Å². The number of hydrogen-bond donors (Lipinski definition) is 1. The Hall–Kier alpha value is -3.68. The summed E-state index contributed by atoms with van der Waals surface area (Å²) in [7, 11) is -7.20. The average Bonchev–Trinajstić information content (AvgIpc) is 3.38. The van der Waals surface area contributed by atoms with Gasteiger partial charge in [0.05, 0.1) is 21.8 Å². The van der Waals surface area contributed by atoms with E-state index in [1.807, 2.05) is 42.2 Å². The van der Waals surface area contributed by atoms with Crippen molar-refractivity contribution < 1.29 is 21.8 Å². The minimum atomic E-state index is -3.78. The number of fused-ring (bicyclic) bond motifs is 1. The van der Waals surface area contributed by atoms with Crippen molar-refractivity contribution >= 4 is 42.8 Å². The molecule has 0 amide bonds. The lowest BCUT2D eigenvalue weighted by Gasteiger charge is -2.35. The van der Waals surface area contributed by atoms with E-state index in [4.69, 9.17) is 0 Å². The summed E-state index contributed by atoms with van der Waals surface area (Å²) in [6.07, 6.45) is 1.60. The molecule has 1 N–H and O–H groups in total. The summed E-state index contributed by atoms with van der Waals surface area (Å²) in [6, 6.07) is 19.0. The summed E-state index contributed by atoms with van der Waals surface area (Å²) < 4.78 is 53.6. The first-order chi connectivity index (χ1) is 18.9. The maximum atomic E-state index is 13.4. The van der Waals surface area contributed by atoms with Crippen molar-refractivity contribution in [3.63, 3.8) is 0 Å². The molecule has 3 aromatic carbocycles. The second-order valence-corrected chi connectivity index (χ2v) is 13.8. The Kier molecular flexibility index (Phi) is 7.46. The maximum Gasteiger partial charge on any atom is 0.292 e. The topological polar surface area (TPSA) is 133 Å². The first-order valence-corrected chi connectivity index (χ1v) is 16.2. The van der Waals surface area contributed by atoms with Crippen LogP contribution in [0.1, 0.15) is 24.1 Å². The quantitative estimate of drug-likeness (QED) is 0.313. The van der Waals surface area contributed by atoms with Crippen LogP contribution in [-0.4, -0.2) is 65.0 Å². The molecular formula is C27H31N5O6S2. The van der Waals surface area contributed by atoms with Crippen LogP contribution in [0.3, 0.4) is 0 Å². The van der Waals surface area contributed by atoms with Gasteiger partial charge in [0.2, 0.25) is 20.0 Å². The number of anilines is 3. The van der Waals surface area contributed by atoms with Gasteiger partial charge in [-0.05, 0) is 54.8 Å². The van der Waals surface area contributed by atoms with Gasteiger partial charge in [0.1, 0.15) is 5.69 Å². The number of nitrogens with one attached hydrogen (secondary N) is 1. The highest BCUT2D eigenvalue weighted by Crippen LogP contribution is 2.35. The Balaban J connectivity index is 1.30. The number of benzene rings is 3. The van der Waals surface area contributed by atoms with Crippen LogP contribution >= 0.6 is 0 Å². The number of nitrogens with zero attached hydrogens (tertiary/aromatic N) is 4. The van der Waals surface area contributed by atoms with E-state index in [0.29, 0.717) is 43.0 Å².